The van der Waals surface area contributed by atoms with Gasteiger partial charge in [-0.3, -0.25) is 5.10 Å². The lowest BCUT2D eigenvalue weighted by atomic mass is 9.97. The lowest BCUT2D eigenvalue weighted by Crippen LogP contribution is -2.38. The first-order valence-electron chi connectivity index (χ1n) is 8.57. The number of hydrogen-bond acceptors (Lipinski definition) is 4. The lowest BCUT2D eigenvalue weighted by molar-refractivity contribution is -0.137. The first-order valence-corrected chi connectivity index (χ1v) is 10.4. The molecule has 0 unspecified atom stereocenters. The third-order valence-electron chi connectivity index (χ3n) is 4.80. The summed E-state index contributed by atoms with van der Waals surface area (Å²) in [5, 5.41) is 6.91. The normalized spacial score (nSPS) is 17.2. The minimum absolute atomic E-state index is 0.0476. The smallest absolute Gasteiger partial charge is 0.304 e. The van der Waals surface area contributed by atoms with Gasteiger partial charge in [0.1, 0.15) is 16.5 Å². The van der Waals surface area contributed by atoms with Crippen LogP contribution in [-0.4, -0.2) is 40.6 Å². The SMILES string of the molecule is CCn1c(C2CCN(S(=O)(=O)c3cc(C(F)(F)F)ccc3F)CC2)n[nH]c1=S. The van der Waals surface area contributed by atoms with Gasteiger partial charge in [0, 0.05) is 25.6 Å². The minimum atomic E-state index is -4.76. The largest absolute Gasteiger partial charge is 0.416 e. The molecule has 0 atom stereocenters. The van der Waals surface area contributed by atoms with Gasteiger partial charge in [0.2, 0.25) is 10.0 Å². The van der Waals surface area contributed by atoms with Gasteiger partial charge in [-0.2, -0.15) is 22.6 Å². The predicted octanol–water partition coefficient (Wildman–Crippen LogP) is 3.69. The maximum atomic E-state index is 14.0. The van der Waals surface area contributed by atoms with Crippen molar-refractivity contribution in [1.82, 2.24) is 19.1 Å². The molecule has 3 rings (SSSR count). The van der Waals surface area contributed by atoms with Gasteiger partial charge in [-0.05, 0) is 50.2 Å². The van der Waals surface area contributed by atoms with Crippen molar-refractivity contribution in [3.05, 3.63) is 40.2 Å². The molecule has 1 aliphatic rings. The Morgan fingerprint density at radius 3 is 2.50 bits per heavy atom. The van der Waals surface area contributed by atoms with Gasteiger partial charge in [-0.1, -0.05) is 0 Å². The van der Waals surface area contributed by atoms with Crippen molar-refractivity contribution in [1.29, 1.82) is 0 Å². The van der Waals surface area contributed by atoms with Crippen LogP contribution in [0.15, 0.2) is 23.1 Å². The summed E-state index contributed by atoms with van der Waals surface area (Å²) >= 11 is 5.15. The number of benzene rings is 1. The van der Waals surface area contributed by atoms with Crippen molar-refractivity contribution in [3.63, 3.8) is 0 Å². The quantitative estimate of drug-likeness (QED) is 0.584. The number of alkyl halides is 3. The highest BCUT2D eigenvalue weighted by Crippen LogP contribution is 2.34. The molecule has 12 heteroatoms. The predicted molar refractivity (Wildman–Crippen MR) is 95.2 cm³/mol. The van der Waals surface area contributed by atoms with E-state index in [1.54, 1.807) is 0 Å². The molecular weight excluding hydrogens is 420 g/mol. The Kier molecular flexibility index (Phi) is 5.65. The van der Waals surface area contributed by atoms with E-state index in [-0.39, 0.29) is 19.0 Å². The first-order chi connectivity index (χ1) is 13.1. The Morgan fingerprint density at radius 1 is 1.29 bits per heavy atom. The van der Waals surface area contributed by atoms with E-state index in [1.807, 2.05) is 11.5 Å². The van der Waals surface area contributed by atoms with E-state index < -0.39 is 32.5 Å². The summed E-state index contributed by atoms with van der Waals surface area (Å²) in [5.41, 5.74) is -1.21. The van der Waals surface area contributed by atoms with Crippen LogP contribution in [-0.2, 0) is 22.7 Å². The second-order valence-electron chi connectivity index (χ2n) is 6.45. The summed E-state index contributed by atoms with van der Waals surface area (Å²) in [4.78, 5) is -0.961. The number of hydrogen-bond donors (Lipinski definition) is 1. The summed E-state index contributed by atoms with van der Waals surface area (Å²) in [5.74, 6) is -0.539. The zero-order chi connectivity index (χ0) is 20.7. The number of piperidine rings is 1. The summed E-state index contributed by atoms with van der Waals surface area (Å²) in [6.45, 7) is 2.61. The molecule has 1 saturated heterocycles. The number of H-pyrrole nitrogens is 1. The van der Waals surface area contributed by atoms with Crippen LogP contribution < -0.4 is 0 Å². The zero-order valence-corrected chi connectivity index (χ0v) is 16.5. The fraction of sp³-hybridized carbons (Fsp3) is 0.500. The Morgan fingerprint density at radius 2 is 1.93 bits per heavy atom. The Bertz CT molecular complexity index is 1020. The minimum Gasteiger partial charge on any atom is -0.304 e. The van der Waals surface area contributed by atoms with E-state index in [1.165, 1.54) is 0 Å². The molecular formula is C16H18F4N4O2S2. The van der Waals surface area contributed by atoms with E-state index in [4.69, 9.17) is 12.2 Å². The highest BCUT2D eigenvalue weighted by atomic mass is 32.2. The van der Waals surface area contributed by atoms with Gasteiger partial charge < -0.3 is 4.57 Å². The molecule has 0 aliphatic carbocycles. The van der Waals surface area contributed by atoms with Crippen LogP contribution in [0.2, 0.25) is 0 Å². The van der Waals surface area contributed by atoms with Crippen LogP contribution >= 0.6 is 12.2 Å². The Labute approximate surface area is 164 Å². The van der Waals surface area contributed by atoms with Gasteiger partial charge in [0.25, 0.3) is 0 Å². The molecule has 0 saturated carbocycles. The summed E-state index contributed by atoms with van der Waals surface area (Å²) in [6, 6.07) is 1.40. The van der Waals surface area contributed by atoms with Gasteiger partial charge in [0.05, 0.1) is 5.56 Å². The molecule has 0 spiro atoms. The standard InChI is InChI=1S/C16H18F4N4O2S2/c1-2-24-14(21-22-15(24)27)10-5-7-23(8-6-10)28(25,26)13-9-11(16(18,19)20)3-4-12(13)17/h3-4,9-10H,2,5-8H2,1H3,(H,22,27). The molecule has 1 aromatic heterocycles. The number of aromatic amines is 1. The van der Waals surface area contributed by atoms with Crippen LogP contribution in [0.1, 0.15) is 37.1 Å². The van der Waals surface area contributed by atoms with Gasteiger partial charge in [-0.25, -0.2) is 12.8 Å². The molecule has 1 aromatic carbocycles. The van der Waals surface area contributed by atoms with Crippen molar-refractivity contribution >= 4 is 22.2 Å². The Balaban J connectivity index is 1.83. The topological polar surface area (TPSA) is 71.0 Å². The zero-order valence-electron chi connectivity index (χ0n) is 14.8. The molecule has 6 nitrogen and oxygen atoms in total. The van der Waals surface area contributed by atoms with Gasteiger partial charge in [-0.15, -0.1) is 0 Å². The summed E-state index contributed by atoms with van der Waals surface area (Å²) < 4.78 is 81.5. The fourth-order valence-corrected chi connectivity index (χ4v) is 5.15. The number of nitrogens with zero attached hydrogens (tertiary/aromatic N) is 3. The number of sulfonamides is 1. The van der Waals surface area contributed by atoms with Crippen LogP contribution in [0.4, 0.5) is 17.6 Å². The van der Waals surface area contributed by atoms with Crippen molar-refractivity contribution < 1.29 is 26.0 Å². The van der Waals surface area contributed by atoms with E-state index in [2.05, 4.69) is 10.2 Å². The molecule has 1 fully saturated rings. The number of rotatable bonds is 4. The third kappa shape index (κ3) is 3.85. The molecule has 154 valence electrons. The van der Waals surface area contributed by atoms with E-state index in [9.17, 15) is 26.0 Å². The van der Waals surface area contributed by atoms with Crippen LogP contribution in [0.5, 0.6) is 0 Å². The lowest BCUT2D eigenvalue weighted by Gasteiger charge is -2.31. The Hall–Kier alpha value is -1.79. The maximum absolute atomic E-state index is 14.0. The number of halogens is 4. The number of nitrogens with one attached hydrogen (secondary N) is 1. The third-order valence-corrected chi connectivity index (χ3v) is 7.02. The maximum Gasteiger partial charge on any atom is 0.416 e. The monoisotopic (exact) mass is 438 g/mol. The van der Waals surface area contributed by atoms with Crippen molar-refractivity contribution in [3.8, 4) is 0 Å². The molecule has 2 heterocycles. The van der Waals surface area contributed by atoms with E-state index in [0.717, 1.165) is 10.1 Å². The molecule has 0 radical (unpaired) electrons. The molecule has 1 aliphatic heterocycles. The van der Waals surface area contributed by atoms with Crippen LogP contribution in [0, 0.1) is 10.6 Å². The van der Waals surface area contributed by atoms with Crippen LogP contribution in [0.3, 0.4) is 0 Å². The molecule has 2 aromatic rings. The van der Waals surface area contributed by atoms with Crippen molar-refractivity contribution in [2.75, 3.05) is 13.1 Å². The molecule has 0 bridgehead atoms. The van der Waals surface area contributed by atoms with E-state index >= 15 is 0 Å². The number of aromatic nitrogens is 3. The average Bonchev–Trinajstić information content (AvgIpc) is 3.01. The van der Waals surface area contributed by atoms with Gasteiger partial charge in [0.15, 0.2) is 4.77 Å². The highest BCUT2D eigenvalue weighted by molar-refractivity contribution is 7.89. The second kappa shape index (κ2) is 7.56. The van der Waals surface area contributed by atoms with Gasteiger partial charge >= 0.3 is 6.18 Å². The molecule has 28 heavy (non-hydrogen) atoms. The second-order valence-corrected chi connectivity index (χ2v) is 8.75. The summed E-state index contributed by atoms with van der Waals surface area (Å²) in [7, 11) is -4.39. The first kappa shape index (κ1) is 20.9. The van der Waals surface area contributed by atoms with Crippen molar-refractivity contribution in [2.24, 2.45) is 0 Å². The fourth-order valence-electron chi connectivity index (χ4n) is 3.32. The average molecular weight is 438 g/mol. The highest BCUT2D eigenvalue weighted by Gasteiger charge is 2.36. The molecule has 1 N–H and O–H groups in total. The van der Waals surface area contributed by atoms with Crippen LogP contribution in [0.25, 0.3) is 0 Å². The molecule has 0 amide bonds. The summed E-state index contributed by atoms with van der Waals surface area (Å²) in [6.07, 6.45) is -3.96. The van der Waals surface area contributed by atoms with E-state index in [0.29, 0.717) is 42.4 Å². The van der Waals surface area contributed by atoms with Crippen molar-refractivity contribution in [2.45, 2.75) is 43.3 Å².